The Hall–Kier alpha value is -1.06. The zero-order chi connectivity index (χ0) is 39.8. The molecular formula is C50H73Cl3SiTi. The summed E-state index contributed by atoms with van der Waals surface area (Å²) in [5.41, 5.74) is 10.2. The van der Waals surface area contributed by atoms with Crippen molar-refractivity contribution in [3.05, 3.63) is 109 Å². The summed E-state index contributed by atoms with van der Waals surface area (Å²) in [6.07, 6.45) is 3.62. The second-order valence-corrected chi connectivity index (χ2v) is 27.2. The van der Waals surface area contributed by atoms with Crippen LogP contribution in [0.1, 0.15) is 178 Å². The molecule has 0 amide bonds. The summed E-state index contributed by atoms with van der Waals surface area (Å²) in [7, 11) is -3.03. The first kappa shape index (κ1) is 52.0. The molecule has 1 aliphatic rings. The molecule has 0 N–H and O–H groups in total. The first-order valence-corrected chi connectivity index (χ1v) is 22.7. The number of allylic oxidation sites excluding steroid dienone is 4. The fourth-order valence-corrected chi connectivity index (χ4v) is 14.4. The molecule has 0 radical (unpaired) electrons. The van der Waals surface area contributed by atoms with Crippen LogP contribution in [0, 0.1) is 5.92 Å². The van der Waals surface area contributed by atoms with Crippen LogP contribution in [0.2, 0.25) is 0 Å². The monoisotopic (exact) mass is 854 g/mol. The van der Waals surface area contributed by atoms with Crippen molar-refractivity contribution in [3.63, 3.8) is 0 Å². The van der Waals surface area contributed by atoms with Gasteiger partial charge in [-0.05, 0) is 0 Å². The van der Waals surface area contributed by atoms with Crippen LogP contribution in [0.5, 0.6) is 0 Å². The van der Waals surface area contributed by atoms with Gasteiger partial charge in [0.05, 0.1) is 0 Å². The fraction of sp³-hybridized carbons (Fsp3) is 0.560. The van der Waals surface area contributed by atoms with Gasteiger partial charge in [0.15, 0.2) is 0 Å². The van der Waals surface area contributed by atoms with Gasteiger partial charge in [0.25, 0.3) is 0 Å². The van der Waals surface area contributed by atoms with Crippen molar-refractivity contribution in [2.24, 2.45) is 5.92 Å². The second kappa shape index (κ2) is 17.3. The van der Waals surface area contributed by atoms with E-state index in [4.69, 9.17) is 0 Å². The largest absolute Gasteiger partial charge is 1.00 e. The number of hydrogen-bond donors (Lipinski definition) is 0. The van der Waals surface area contributed by atoms with Gasteiger partial charge in [-0.3, -0.25) is 0 Å². The van der Waals surface area contributed by atoms with E-state index in [-0.39, 0.29) is 69.7 Å². The van der Waals surface area contributed by atoms with Crippen molar-refractivity contribution in [2.45, 2.75) is 177 Å². The van der Waals surface area contributed by atoms with Crippen LogP contribution < -0.4 is 52.8 Å². The minimum absolute atomic E-state index is 0. The molecule has 0 aromatic heterocycles. The maximum atomic E-state index is 2.67. The zero-order valence-electron chi connectivity index (χ0n) is 38.2. The SMILES string of the molecule is CC(C)C1=CC[C]([Ti+3])=C1[Si](c1cc(C(C)(C)C)cc(C(C)(C)C)c1)(c1cc(C(C)(C)C)cc(C(C)(C)C)c1)c1cc(C(C)(C)C)cc(C(C)(C)C)c1.[Cl-].[Cl-].[Cl-]. The molecule has 1 aliphatic carbocycles. The van der Waals surface area contributed by atoms with E-state index in [9.17, 15) is 0 Å². The minimum atomic E-state index is -3.03. The van der Waals surface area contributed by atoms with Crippen LogP contribution in [0.15, 0.2) is 75.3 Å². The van der Waals surface area contributed by atoms with Crippen LogP contribution in [0.25, 0.3) is 0 Å². The maximum Gasteiger partial charge on any atom is -1.00 e. The summed E-state index contributed by atoms with van der Waals surface area (Å²) in [6, 6.07) is 23.6. The van der Waals surface area contributed by atoms with E-state index in [0.29, 0.717) is 5.92 Å². The Balaban J connectivity index is 0.00000504. The summed E-state index contributed by atoms with van der Waals surface area (Å²) in [6.45, 7) is 48.0. The molecule has 5 heteroatoms. The molecule has 0 saturated carbocycles. The predicted octanol–water partition coefficient (Wildman–Crippen LogP) is 3.28. The smallest absolute Gasteiger partial charge is 1.00 e. The number of rotatable bonds is 5. The van der Waals surface area contributed by atoms with E-state index in [2.05, 4.69) is 220 Å². The summed E-state index contributed by atoms with van der Waals surface area (Å²) in [5, 5.41) is 6.24. The molecule has 0 aliphatic heterocycles. The first-order chi connectivity index (χ1) is 23.3. The maximum absolute atomic E-state index is 3.03. The van der Waals surface area contributed by atoms with Crippen LogP contribution in [0.4, 0.5) is 0 Å². The van der Waals surface area contributed by atoms with Crippen LogP contribution in [-0.4, -0.2) is 8.07 Å². The summed E-state index contributed by atoms with van der Waals surface area (Å²) >= 11 is 2.46. The van der Waals surface area contributed by atoms with E-state index >= 15 is 0 Å². The third kappa shape index (κ3) is 11.0. The number of hydrogen-bond acceptors (Lipinski definition) is 0. The van der Waals surface area contributed by atoms with Gasteiger partial charge in [0.2, 0.25) is 0 Å². The predicted molar refractivity (Wildman–Crippen MR) is 231 cm³/mol. The molecule has 3 aromatic carbocycles. The van der Waals surface area contributed by atoms with Crippen molar-refractivity contribution in [2.75, 3.05) is 0 Å². The average Bonchev–Trinajstić information content (AvgIpc) is 3.36. The molecule has 0 unspecified atom stereocenters. The third-order valence-electron chi connectivity index (χ3n) is 11.4. The molecule has 3 aromatic rings. The fourth-order valence-electron chi connectivity index (χ4n) is 7.62. The summed E-state index contributed by atoms with van der Waals surface area (Å²) < 4.78 is 1.55. The zero-order valence-corrected chi connectivity index (χ0v) is 43.0. The standard InChI is InChI=1S/C50H73Si.3ClH.Ti/c1-33(2)43-22-21-23-44(43)51(40-27-34(45(3,4)5)24-35(28-40)46(6,7)8,41-29-36(47(9,10)11)25-37(30-41)48(12,13)14)42-31-38(49(15,16)17)26-39(32-42)50(18,19)20;;;;/h22,24-33H,21H2,1-20H3;3*1H;/q;;;;+3/p-3. The van der Waals surface area contributed by atoms with Gasteiger partial charge in [-0.15, -0.1) is 0 Å². The second-order valence-electron chi connectivity index (χ2n) is 22.5. The Morgan fingerprint density at radius 2 is 0.636 bits per heavy atom. The van der Waals surface area contributed by atoms with Gasteiger partial charge < -0.3 is 37.2 Å². The molecule has 4 rings (SSSR count). The van der Waals surface area contributed by atoms with Crippen molar-refractivity contribution in [1.29, 1.82) is 0 Å². The molecule has 0 bridgehead atoms. The van der Waals surface area contributed by atoms with E-state index in [1.165, 1.54) is 48.9 Å². The van der Waals surface area contributed by atoms with Crippen LogP contribution in [0.3, 0.4) is 0 Å². The number of halogens is 3. The Kier molecular flexibility index (Phi) is 16.3. The Morgan fingerprint density at radius 3 is 0.818 bits per heavy atom. The van der Waals surface area contributed by atoms with Gasteiger partial charge in [0, 0.05) is 0 Å². The molecule has 0 nitrogen and oxygen atoms in total. The topological polar surface area (TPSA) is 0 Å². The van der Waals surface area contributed by atoms with Crippen molar-refractivity contribution in [1.82, 2.24) is 0 Å². The summed E-state index contributed by atoms with van der Waals surface area (Å²) in [4.78, 5) is 0. The Labute approximate surface area is 370 Å². The van der Waals surface area contributed by atoms with Crippen molar-refractivity contribution in [3.8, 4) is 0 Å². The van der Waals surface area contributed by atoms with Gasteiger partial charge >= 0.3 is 336 Å². The van der Waals surface area contributed by atoms with E-state index in [1.807, 2.05) is 0 Å². The van der Waals surface area contributed by atoms with E-state index in [0.717, 1.165) is 6.42 Å². The van der Waals surface area contributed by atoms with Crippen LogP contribution >= 0.6 is 0 Å². The summed E-state index contributed by atoms with van der Waals surface area (Å²) in [5.74, 6) is 0.424. The Bertz CT molecular complexity index is 1610. The molecule has 0 spiro atoms. The quantitative estimate of drug-likeness (QED) is 0.274. The number of benzene rings is 3. The van der Waals surface area contributed by atoms with Gasteiger partial charge in [-0.2, -0.15) is 0 Å². The molecule has 55 heavy (non-hydrogen) atoms. The van der Waals surface area contributed by atoms with E-state index < -0.39 is 8.07 Å². The average molecular weight is 856 g/mol. The van der Waals surface area contributed by atoms with Gasteiger partial charge in [-0.1, -0.05) is 0 Å². The Morgan fingerprint density at radius 1 is 0.418 bits per heavy atom. The van der Waals surface area contributed by atoms with Crippen molar-refractivity contribution < 1.29 is 57.7 Å². The third-order valence-corrected chi connectivity index (χ3v) is 17.3. The minimum Gasteiger partial charge on any atom is -1.00 e. The first-order valence-electron chi connectivity index (χ1n) is 19.9. The van der Waals surface area contributed by atoms with E-state index in [1.54, 1.807) is 14.6 Å². The molecule has 0 saturated heterocycles. The molecule has 0 atom stereocenters. The molecule has 0 fully saturated rings. The van der Waals surface area contributed by atoms with Gasteiger partial charge in [-0.25, -0.2) is 0 Å². The molecule has 302 valence electrons. The van der Waals surface area contributed by atoms with Crippen LogP contribution in [-0.2, 0) is 52.9 Å². The van der Waals surface area contributed by atoms with Crippen molar-refractivity contribution >= 4 is 23.6 Å². The normalized spacial score (nSPS) is 14.7. The molecule has 0 heterocycles. The van der Waals surface area contributed by atoms with Gasteiger partial charge in [0.1, 0.15) is 0 Å². The molecular weight excluding hydrogens is 783 g/mol.